The number of urea groups is 1. The van der Waals surface area contributed by atoms with Crippen molar-refractivity contribution in [3.05, 3.63) is 66.5 Å². The molecule has 0 unspecified atom stereocenters. The molecule has 10 heteroatoms. The Morgan fingerprint density at radius 3 is 2.64 bits per heavy atom. The van der Waals surface area contributed by atoms with Gasteiger partial charge < -0.3 is 24.6 Å². The van der Waals surface area contributed by atoms with Crippen LogP contribution in [0.4, 0.5) is 26.8 Å². The van der Waals surface area contributed by atoms with Gasteiger partial charge >= 0.3 is 12.1 Å². The molecule has 3 heterocycles. The van der Waals surface area contributed by atoms with Crippen LogP contribution in [0.5, 0.6) is 11.6 Å². The predicted molar refractivity (Wildman–Crippen MR) is 136 cm³/mol. The second-order valence-corrected chi connectivity index (χ2v) is 8.71. The molecule has 10 nitrogen and oxygen atoms in total. The van der Waals surface area contributed by atoms with Crippen molar-refractivity contribution < 1.29 is 19.1 Å². The summed E-state index contributed by atoms with van der Waals surface area (Å²) in [6, 6.07) is 16.5. The number of methoxy groups -OCH3 is 1. The summed E-state index contributed by atoms with van der Waals surface area (Å²) in [4.78, 5) is 37.6. The molecule has 2 N–H and O–H groups in total. The number of nitrogens with zero attached hydrogens (tertiary/aromatic N) is 4. The number of piperidine rings is 1. The Labute approximate surface area is 209 Å². The van der Waals surface area contributed by atoms with E-state index in [0.717, 1.165) is 49.4 Å². The van der Waals surface area contributed by atoms with Crippen LogP contribution >= 0.6 is 0 Å². The highest BCUT2D eigenvalue weighted by molar-refractivity contribution is 5.91. The average molecular weight is 489 g/mol. The number of carbonyl (C=O) groups excluding carboxylic acids is 2. The maximum Gasteiger partial charge on any atom is 0.418 e. The summed E-state index contributed by atoms with van der Waals surface area (Å²) >= 11 is 0. The Balaban J connectivity index is 1.17. The normalized spacial score (nSPS) is 16.0. The van der Waals surface area contributed by atoms with Crippen molar-refractivity contribution in [2.24, 2.45) is 0 Å². The first-order valence-corrected chi connectivity index (χ1v) is 11.9. The first kappa shape index (κ1) is 23.4. The lowest BCUT2D eigenvalue weighted by Crippen LogP contribution is -2.49. The van der Waals surface area contributed by atoms with Gasteiger partial charge in [-0.25, -0.2) is 19.6 Å². The molecule has 2 aliphatic heterocycles. The lowest BCUT2D eigenvalue weighted by Gasteiger charge is -2.38. The number of aromatic nitrogens is 2. The van der Waals surface area contributed by atoms with Crippen molar-refractivity contribution in [3.8, 4) is 11.6 Å². The molecular weight excluding hydrogens is 460 g/mol. The lowest BCUT2D eigenvalue weighted by molar-refractivity contribution is 0.177. The number of hydrogen-bond acceptors (Lipinski definition) is 7. The van der Waals surface area contributed by atoms with Crippen molar-refractivity contribution in [3.63, 3.8) is 0 Å². The van der Waals surface area contributed by atoms with Gasteiger partial charge in [-0.1, -0.05) is 18.2 Å². The minimum Gasteiger partial charge on any atom is -0.497 e. The van der Waals surface area contributed by atoms with Crippen molar-refractivity contribution in [2.75, 3.05) is 42.3 Å². The van der Waals surface area contributed by atoms with Crippen molar-refractivity contribution in [2.45, 2.75) is 25.3 Å². The number of amides is 3. The standard InChI is InChI=1S/C26H28N6O4/c1-35-21-7-8-22-18(15-21)9-14-32(25(33)30-22)20-10-12-31(13-11-20)23-16-24(28-17-27-23)36-26(34)29-19-5-3-2-4-6-19/h2-8,15-17,20H,9-14H2,1H3,(H,29,34)(H,30,33). The number of nitrogens with one attached hydrogen (secondary N) is 2. The van der Waals surface area contributed by atoms with Crippen molar-refractivity contribution >= 4 is 29.3 Å². The largest absolute Gasteiger partial charge is 0.497 e. The third kappa shape index (κ3) is 5.32. The van der Waals surface area contributed by atoms with Gasteiger partial charge in [-0.05, 0) is 55.2 Å². The van der Waals surface area contributed by atoms with Gasteiger partial charge in [0.15, 0.2) is 0 Å². The number of para-hydroxylation sites is 1. The van der Waals surface area contributed by atoms with Gasteiger partial charge in [0.05, 0.1) is 7.11 Å². The average Bonchev–Trinajstić information content (AvgIpc) is 3.07. The molecule has 0 aliphatic carbocycles. The maximum atomic E-state index is 13.0. The van der Waals surface area contributed by atoms with Crippen LogP contribution in [0, 0.1) is 0 Å². The summed E-state index contributed by atoms with van der Waals surface area (Å²) in [5, 5.41) is 5.72. The van der Waals surface area contributed by atoms with E-state index in [4.69, 9.17) is 9.47 Å². The Morgan fingerprint density at radius 2 is 1.86 bits per heavy atom. The van der Waals surface area contributed by atoms with Gasteiger partial charge in [0.2, 0.25) is 5.88 Å². The molecular formula is C26H28N6O4. The topological polar surface area (TPSA) is 109 Å². The summed E-state index contributed by atoms with van der Waals surface area (Å²) in [5.41, 5.74) is 2.55. The molecule has 0 saturated carbocycles. The maximum absolute atomic E-state index is 13.0. The molecule has 1 aromatic heterocycles. The molecule has 186 valence electrons. The van der Waals surface area contributed by atoms with E-state index in [1.54, 1.807) is 25.3 Å². The summed E-state index contributed by atoms with van der Waals surface area (Å²) < 4.78 is 10.7. The molecule has 5 rings (SSSR count). The van der Waals surface area contributed by atoms with Crippen LogP contribution in [-0.2, 0) is 6.42 Å². The van der Waals surface area contributed by atoms with E-state index in [1.807, 2.05) is 41.3 Å². The summed E-state index contributed by atoms with van der Waals surface area (Å²) in [5.74, 6) is 1.65. The zero-order valence-electron chi connectivity index (χ0n) is 20.0. The number of benzene rings is 2. The number of rotatable bonds is 5. The molecule has 0 spiro atoms. The molecule has 0 bridgehead atoms. The summed E-state index contributed by atoms with van der Waals surface area (Å²) in [6.07, 6.45) is 3.16. The fraction of sp³-hybridized carbons (Fsp3) is 0.308. The van der Waals surface area contributed by atoms with E-state index in [1.165, 1.54) is 6.33 Å². The zero-order valence-corrected chi connectivity index (χ0v) is 20.0. The number of ether oxygens (including phenoxy) is 2. The monoisotopic (exact) mass is 488 g/mol. The molecule has 2 aromatic carbocycles. The molecule has 0 atom stereocenters. The van der Waals surface area contributed by atoms with Gasteiger partial charge in [0.25, 0.3) is 0 Å². The Bertz CT molecular complexity index is 1230. The minimum atomic E-state index is -0.615. The minimum absolute atomic E-state index is 0.0699. The molecule has 3 aromatic rings. The molecule has 1 fully saturated rings. The Kier molecular flexibility index (Phi) is 6.83. The van der Waals surface area contributed by atoms with E-state index < -0.39 is 6.09 Å². The van der Waals surface area contributed by atoms with Crippen molar-refractivity contribution in [1.82, 2.24) is 14.9 Å². The fourth-order valence-corrected chi connectivity index (χ4v) is 4.63. The number of carbonyl (C=O) groups is 2. The zero-order chi connectivity index (χ0) is 24.9. The molecule has 1 saturated heterocycles. The van der Waals surface area contributed by atoms with E-state index in [9.17, 15) is 9.59 Å². The second kappa shape index (κ2) is 10.5. The second-order valence-electron chi connectivity index (χ2n) is 8.71. The first-order chi connectivity index (χ1) is 17.6. The van der Waals surface area contributed by atoms with Gasteiger partial charge in [0, 0.05) is 43.1 Å². The van der Waals surface area contributed by atoms with E-state index >= 15 is 0 Å². The summed E-state index contributed by atoms with van der Waals surface area (Å²) in [6.45, 7) is 2.10. The molecule has 2 aliphatic rings. The van der Waals surface area contributed by atoms with E-state index in [-0.39, 0.29) is 18.0 Å². The number of hydrogen-bond donors (Lipinski definition) is 2. The van der Waals surface area contributed by atoms with Crippen LogP contribution in [-0.4, -0.2) is 59.8 Å². The third-order valence-electron chi connectivity index (χ3n) is 6.51. The quantitative estimate of drug-likeness (QED) is 0.555. The number of fused-ring (bicyclic) bond motifs is 1. The van der Waals surface area contributed by atoms with Crippen LogP contribution in [0.3, 0.4) is 0 Å². The number of anilines is 3. The Morgan fingerprint density at radius 1 is 1.06 bits per heavy atom. The molecule has 0 radical (unpaired) electrons. The highest BCUT2D eigenvalue weighted by Crippen LogP contribution is 2.28. The van der Waals surface area contributed by atoms with Crippen LogP contribution < -0.4 is 25.0 Å². The van der Waals surface area contributed by atoms with Crippen LogP contribution in [0.15, 0.2) is 60.9 Å². The third-order valence-corrected chi connectivity index (χ3v) is 6.51. The fourth-order valence-electron chi connectivity index (χ4n) is 4.63. The van der Waals surface area contributed by atoms with E-state index in [0.29, 0.717) is 18.1 Å². The summed E-state index contributed by atoms with van der Waals surface area (Å²) in [7, 11) is 1.64. The van der Waals surface area contributed by atoms with Gasteiger partial charge in [-0.2, -0.15) is 0 Å². The molecule has 36 heavy (non-hydrogen) atoms. The Hall–Kier alpha value is -4.34. The van der Waals surface area contributed by atoms with Gasteiger partial charge in [-0.3, -0.25) is 5.32 Å². The van der Waals surface area contributed by atoms with Crippen LogP contribution in [0.25, 0.3) is 0 Å². The van der Waals surface area contributed by atoms with Gasteiger partial charge in [0.1, 0.15) is 17.9 Å². The smallest absolute Gasteiger partial charge is 0.418 e. The first-order valence-electron chi connectivity index (χ1n) is 11.9. The van der Waals surface area contributed by atoms with Crippen LogP contribution in [0.1, 0.15) is 18.4 Å². The van der Waals surface area contributed by atoms with Gasteiger partial charge in [-0.15, -0.1) is 0 Å². The highest BCUT2D eigenvalue weighted by atomic mass is 16.6. The van der Waals surface area contributed by atoms with E-state index in [2.05, 4.69) is 25.5 Å². The van der Waals surface area contributed by atoms with Crippen molar-refractivity contribution in [1.29, 1.82) is 0 Å². The molecule has 3 amide bonds. The van der Waals surface area contributed by atoms with Crippen LogP contribution in [0.2, 0.25) is 0 Å². The highest BCUT2D eigenvalue weighted by Gasteiger charge is 2.30. The predicted octanol–water partition coefficient (Wildman–Crippen LogP) is 4.16. The lowest BCUT2D eigenvalue weighted by atomic mass is 10.0. The SMILES string of the molecule is COc1ccc2c(c1)CCN(C1CCN(c3cc(OC(=O)Nc4ccccc4)ncn3)CC1)C(=O)N2.